The van der Waals surface area contributed by atoms with Gasteiger partial charge in [-0.15, -0.1) is 0 Å². The number of hydrogen-bond donors (Lipinski definition) is 5. The number of aromatic nitrogens is 1. The van der Waals surface area contributed by atoms with Crippen LogP contribution in [0.3, 0.4) is 0 Å². The van der Waals surface area contributed by atoms with Crippen LogP contribution in [0, 0.1) is 0 Å². The van der Waals surface area contributed by atoms with E-state index in [0.29, 0.717) is 11.5 Å². The van der Waals surface area contributed by atoms with Gasteiger partial charge in [-0.1, -0.05) is 59.8 Å². The van der Waals surface area contributed by atoms with E-state index in [1.54, 1.807) is 6.07 Å². The minimum Gasteiger partial charge on any atom is -0.481 e. The standard InChI is InChI=1S/C28H30N4O8/c29-27(38)21(11-14-25(34)35)31-28(39)22(12-15-26(36)37)30-24(33)13-10-20-16-23(32-40-20)19-8-6-18(7-9-19)17-4-2-1-3-5-17/h1-9,16,21-22H,10-15H2,(H2,29,38)(H,30,33)(H,31,39)(H,34,35)(H,36,37). The fourth-order valence-corrected chi connectivity index (χ4v) is 3.90. The summed E-state index contributed by atoms with van der Waals surface area (Å²) in [6, 6.07) is 16.8. The third kappa shape index (κ3) is 9.08. The first-order valence-corrected chi connectivity index (χ1v) is 12.6. The first kappa shape index (κ1) is 29.6. The second-order valence-electron chi connectivity index (χ2n) is 9.07. The van der Waals surface area contributed by atoms with Gasteiger partial charge in [0, 0.05) is 37.3 Å². The highest BCUT2D eigenvalue weighted by molar-refractivity contribution is 5.92. The Morgan fingerprint density at radius 2 is 1.35 bits per heavy atom. The number of carboxylic acids is 2. The monoisotopic (exact) mass is 550 g/mol. The molecule has 0 aliphatic carbocycles. The molecule has 2 unspecified atom stereocenters. The molecule has 2 aromatic carbocycles. The first-order valence-electron chi connectivity index (χ1n) is 12.6. The molecule has 2 atom stereocenters. The molecule has 0 aliphatic rings. The van der Waals surface area contributed by atoms with E-state index in [4.69, 9.17) is 20.5 Å². The first-order chi connectivity index (χ1) is 19.1. The predicted molar refractivity (Wildman–Crippen MR) is 142 cm³/mol. The minimum absolute atomic E-state index is 0.0866. The van der Waals surface area contributed by atoms with Crippen LogP contribution in [0.25, 0.3) is 22.4 Å². The number of carbonyl (C=O) groups excluding carboxylic acids is 3. The molecule has 0 radical (unpaired) electrons. The van der Waals surface area contributed by atoms with E-state index >= 15 is 0 Å². The van der Waals surface area contributed by atoms with Gasteiger partial charge in [-0.2, -0.15) is 0 Å². The number of aliphatic carboxylic acids is 2. The lowest BCUT2D eigenvalue weighted by Crippen LogP contribution is -2.53. The van der Waals surface area contributed by atoms with Crippen LogP contribution >= 0.6 is 0 Å². The number of hydrogen-bond acceptors (Lipinski definition) is 7. The van der Waals surface area contributed by atoms with Crippen molar-refractivity contribution in [1.82, 2.24) is 15.8 Å². The second kappa shape index (κ2) is 14.2. The van der Waals surface area contributed by atoms with Crippen molar-refractivity contribution in [3.05, 3.63) is 66.4 Å². The molecule has 6 N–H and O–H groups in total. The van der Waals surface area contributed by atoms with Crippen molar-refractivity contribution >= 4 is 29.7 Å². The molecule has 0 saturated carbocycles. The van der Waals surface area contributed by atoms with Gasteiger partial charge in [0.25, 0.3) is 0 Å². The van der Waals surface area contributed by atoms with E-state index in [2.05, 4.69) is 15.8 Å². The Hall–Kier alpha value is -5.00. The van der Waals surface area contributed by atoms with Crippen molar-refractivity contribution in [2.45, 2.75) is 50.6 Å². The molecular formula is C28H30N4O8. The summed E-state index contributed by atoms with van der Waals surface area (Å²) >= 11 is 0. The van der Waals surface area contributed by atoms with Gasteiger partial charge in [0.1, 0.15) is 23.5 Å². The summed E-state index contributed by atoms with van der Waals surface area (Å²) in [4.78, 5) is 58.8. The van der Waals surface area contributed by atoms with E-state index in [0.717, 1.165) is 16.7 Å². The van der Waals surface area contributed by atoms with Crippen LogP contribution in [0.15, 0.2) is 65.2 Å². The maximum absolute atomic E-state index is 12.7. The SMILES string of the molecule is NC(=O)C(CCC(=O)O)NC(=O)C(CCC(=O)O)NC(=O)CCc1cc(-c2ccc(-c3ccccc3)cc2)no1. The van der Waals surface area contributed by atoms with E-state index in [9.17, 15) is 24.0 Å². The molecule has 1 heterocycles. The van der Waals surface area contributed by atoms with Gasteiger partial charge in [-0.25, -0.2) is 0 Å². The third-order valence-electron chi connectivity index (χ3n) is 6.05. The van der Waals surface area contributed by atoms with Gasteiger partial charge in [0.15, 0.2) is 0 Å². The smallest absolute Gasteiger partial charge is 0.303 e. The summed E-state index contributed by atoms with van der Waals surface area (Å²) in [6.07, 6.45) is -1.27. The lowest BCUT2D eigenvalue weighted by molar-refractivity contribution is -0.139. The molecule has 3 amide bonds. The van der Waals surface area contributed by atoms with Crippen LogP contribution in [0.2, 0.25) is 0 Å². The number of amides is 3. The van der Waals surface area contributed by atoms with Gasteiger partial charge >= 0.3 is 11.9 Å². The third-order valence-corrected chi connectivity index (χ3v) is 6.05. The molecule has 210 valence electrons. The molecule has 12 heteroatoms. The Morgan fingerprint density at radius 1 is 0.775 bits per heavy atom. The van der Waals surface area contributed by atoms with Gasteiger partial charge < -0.3 is 31.1 Å². The van der Waals surface area contributed by atoms with Crippen molar-refractivity contribution in [1.29, 1.82) is 0 Å². The molecular weight excluding hydrogens is 520 g/mol. The number of nitrogens with zero attached hydrogens (tertiary/aromatic N) is 1. The predicted octanol–water partition coefficient (Wildman–Crippen LogP) is 2.13. The molecule has 3 aromatic rings. The fraction of sp³-hybridized carbons (Fsp3) is 0.286. The minimum atomic E-state index is -1.29. The summed E-state index contributed by atoms with van der Waals surface area (Å²) in [5, 5.41) is 26.7. The van der Waals surface area contributed by atoms with Crippen LogP contribution < -0.4 is 16.4 Å². The molecule has 0 bridgehead atoms. The summed E-state index contributed by atoms with van der Waals surface area (Å²) < 4.78 is 5.35. The van der Waals surface area contributed by atoms with Crippen LogP contribution in [0.5, 0.6) is 0 Å². The molecule has 1 aromatic heterocycles. The van der Waals surface area contributed by atoms with Crippen LogP contribution in [-0.4, -0.2) is 57.1 Å². The largest absolute Gasteiger partial charge is 0.481 e. The Bertz CT molecular complexity index is 1340. The fourth-order valence-electron chi connectivity index (χ4n) is 3.90. The van der Waals surface area contributed by atoms with Crippen LogP contribution in [-0.2, 0) is 30.4 Å². The van der Waals surface area contributed by atoms with Gasteiger partial charge in [-0.3, -0.25) is 24.0 Å². The molecule has 0 saturated heterocycles. The molecule has 0 fully saturated rings. The Labute approximate surface area is 229 Å². The Morgan fingerprint density at radius 3 is 1.95 bits per heavy atom. The number of nitrogens with two attached hydrogens (primary N) is 1. The van der Waals surface area contributed by atoms with E-state index in [1.165, 1.54) is 0 Å². The summed E-state index contributed by atoms with van der Waals surface area (Å²) in [6.45, 7) is 0. The highest BCUT2D eigenvalue weighted by atomic mass is 16.5. The zero-order valence-corrected chi connectivity index (χ0v) is 21.5. The van der Waals surface area contributed by atoms with Crippen molar-refractivity contribution in [2.75, 3.05) is 0 Å². The second-order valence-corrected chi connectivity index (χ2v) is 9.07. The number of benzene rings is 2. The maximum Gasteiger partial charge on any atom is 0.303 e. The molecule has 0 aliphatic heterocycles. The summed E-state index contributed by atoms with van der Waals surface area (Å²) in [7, 11) is 0. The summed E-state index contributed by atoms with van der Waals surface area (Å²) in [5.74, 6) is -4.28. The van der Waals surface area contributed by atoms with E-state index < -0.39 is 54.6 Å². The zero-order chi connectivity index (χ0) is 29.1. The van der Waals surface area contributed by atoms with Crippen LogP contribution in [0.4, 0.5) is 0 Å². The average molecular weight is 551 g/mol. The number of carboxylic acid groups (broad SMARTS) is 2. The molecule has 40 heavy (non-hydrogen) atoms. The van der Waals surface area contributed by atoms with E-state index in [1.807, 2.05) is 54.6 Å². The Balaban J connectivity index is 1.58. The highest BCUT2D eigenvalue weighted by Crippen LogP contribution is 2.25. The zero-order valence-electron chi connectivity index (χ0n) is 21.5. The molecule has 3 rings (SSSR count). The van der Waals surface area contributed by atoms with Gasteiger partial charge in [0.2, 0.25) is 17.7 Å². The summed E-state index contributed by atoms with van der Waals surface area (Å²) in [5.41, 5.74) is 8.80. The number of nitrogens with one attached hydrogen (secondary N) is 2. The number of aryl methyl sites for hydroxylation is 1. The highest BCUT2D eigenvalue weighted by Gasteiger charge is 2.26. The van der Waals surface area contributed by atoms with Gasteiger partial charge in [0.05, 0.1) is 0 Å². The van der Waals surface area contributed by atoms with Crippen molar-refractivity contribution in [3.8, 4) is 22.4 Å². The van der Waals surface area contributed by atoms with Crippen LogP contribution in [0.1, 0.15) is 37.9 Å². The normalized spacial score (nSPS) is 12.2. The average Bonchev–Trinajstić information content (AvgIpc) is 3.41. The van der Waals surface area contributed by atoms with Crippen molar-refractivity contribution in [2.24, 2.45) is 5.73 Å². The van der Waals surface area contributed by atoms with Gasteiger partial charge in [-0.05, 0) is 24.0 Å². The number of carbonyl (C=O) groups is 5. The molecule has 0 spiro atoms. The number of primary amides is 1. The van der Waals surface area contributed by atoms with Crippen molar-refractivity contribution < 1.29 is 38.7 Å². The van der Waals surface area contributed by atoms with Crippen molar-refractivity contribution in [3.63, 3.8) is 0 Å². The quantitative estimate of drug-likeness (QED) is 0.188. The maximum atomic E-state index is 12.7. The lowest BCUT2D eigenvalue weighted by Gasteiger charge is -2.21. The molecule has 12 nitrogen and oxygen atoms in total. The topological polar surface area (TPSA) is 202 Å². The number of rotatable bonds is 15. The Kier molecular flexibility index (Phi) is 10.5. The lowest BCUT2D eigenvalue weighted by atomic mass is 10.0. The van der Waals surface area contributed by atoms with E-state index in [-0.39, 0.29) is 25.7 Å².